The summed E-state index contributed by atoms with van der Waals surface area (Å²) in [7, 11) is 0. The standard InChI is InChI=1S/C9H21N.C4H4O4/c1-4-7-10(8-5-2)9-6-3;5-3(6)1-2-4(7)8/h4-9H2,1-3H3;1-2H,(H,5,6)(H,7,8)/b;2-1-. The summed E-state index contributed by atoms with van der Waals surface area (Å²) in [4.78, 5) is 21.6. The van der Waals surface area contributed by atoms with Crippen LogP contribution < -0.4 is 0 Å². The second-order valence-corrected chi connectivity index (χ2v) is 3.85. The maximum absolute atomic E-state index is 9.55. The first kappa shape index (κ1) is 19.0. The highest BCUT2D eigenvalue weighted by molar-refractivity contribution is 5.89. The van der Waals surface area contributed by atoms with Crippen molar-refractivity contribution >= 4 is 11.9 Å². The summed E-state index contributed by atoms with van der Waals surface area (Å²) in [5.74, 6) is -2.51. The number of carboxylic acids is 2. The van der Waals surface area contributed by atoms with Crippen molar-refractivity contribution in [3.05, 3.63) is 12.2 Å². The van der Waals surface area contributed by atoms with Crippen LogP contribution in [0, 0.1) is 0 Å². The molecule has 0 aliphatic heterocycles. The Bertz CT molecular complexity index is 221. The zero-order chi connectivity index (χ0) is 14.4. The van der Waals surface area contributed by atoms with Crippen LogP contribution in [0.15, 0.2) is 12.2 Å². The zero-order valence-corrected chi connectivity index (χ0v) is 11.6. The first-order valence-electron chi connectivity index (χ1n) is 6.34. The van der Waals surface area contributed by atoms with Crippen molar-refractivity contribution in [3.63, 3.8) is 0 Å². The van der Waals surface area contributed by atoms with Crippen molar-refractivity contribution in [2.45, 2.75) is 40.0 Å². The van der Waals surface area contributed by atoms with Gasteiger partial charge in [-0.15, -0.1) is 0 Å². The lowest BCUT2D eigenvalue weighted by atomic mass is 10.3. The minimum atomic E-state index is -1.26. The molecule has 0 bridgehead atoms. The van der Waals surface area contributed by atoms with Gasteiger partial charge in [0.15, 0.2) is 0 Å². The molecule has 2 N–H and O–H groups in total. The van der Waals surface area contributed by atoms with Gasteiger partial charge in [0.05, 0.1) is 0 Å². The average Bonchev–Trinajstić information content (AvgIpc) is 2.28. The highest BCUT2D eigenvalue weighted by Crippen LogP contribution is 1.94. The number of hydrogen-bond acceptors (Lipinski definition) is 3. The second-order valence-electron chi connectivity index (χ2n) is 3.85. The Morgan fingerprint density at radius 1 is 0.833 bits per heavy atom. The van der Waals surface area contributed by atoms with Crippen LogP contribution in [0.1, 0.15) is 40.0 Å². The third kappa shape index (κ3) is 17.0. The highest BCUT2D eigenvalue weighted by Gasteiger charge is 1.98. The lowest BCUT2D eigenvalue weighted by Crippen LogP contribution is -2.25. The summed E-state index contributed by atoms with van der Waals surface area (Å²) in [5.41, 5.74) is 0. The van der Waals surface area contributed by atoms with Crippen molar-refractivity contribution in [2.24, 2.45) is 0 Å². The third-order valence-electron chi connectivity index (χ3n) is 1.99. The van der Waals surface area contributed by atoms with E-state index in [0.717, 1.165) is 0 Å². The number of carboxylic acid groups (broad SMARTS) is 2. The highest BCUT2D eigenvalue weighted by atomic mass is 16.4. The zero-order valence-electron chi connectivity index (χ0n) is 11.6. The van der Waals surface area contributed by atoms with Crippen LogP contribution in [0.2, 0.25) is 0 Å². The van der Waals surface area contributed by atoms with Crippen molar-refractivity contribution < 1.29 is 19.8 Å². The largest absolute Gasteiger partial charge is 0.478 e. The molecule has 0 unspecified atom stereocenters. The SMILES string of the molecule is CCCN(CCC)CCC.O=C(O)/C=C\C(=O)O. The fraction of sp³-hybridized carbons (Fsp3) is 0.692. The Hall–Kier alpha value is -1.36. The van der Waals surface area contributed by atoms with Crippen LogP contribution in [0.25, 0.3) is 0 Å². The van der Waals surface area contributed by atoms with Gasteiger partial charge in [-0.3, -0.25) is 0 Å². The second kappa shape index (κ2) is 13.7. The number of aliphatic carboxylic acids is 2. The fourth-order valence-electron chi connectivity index (χ4n) is 1.43. The molecule has 0 aliphatic carbocycles. The molecule has 0 rings (SSSR count). The van der Waals surface area contributed by atoms with Crippen LogP contribution in [0.4, 0.5) is 0 Å². The Balaban J connectivity index is 0. The van der Waals surface area contributed by atoms with E-state index in [1.54, 1.807) is 0 Å². The molecule has 0 atom stereocenters. The monoisotopic (exact) mass is 259 g/mol. The van der Waals surface area contributed by atoms with Crippen LogP contribution in [0.5, 0.6) is 0 Å². The van der Waals surface area contributed by atoms with Crippen molar-refractivity contribution in [3.8, 4) is 0 Å². The summed E-state index contributed by atoms with van der Waals surface area (Å²) in [6.07, 6.45) is 4.99. The van der Waals surface area contributed by atoms with E-state index in [0.29, 0.717) is 12.2 Å². The Labute approximate surface area is 109 Å². The average molecular weight is 259 g/mol. The Morgan fingerprint density at radius 3 is 1.28 bits per heavy atom. The number of hydrogen-bond donors (Lipinski definition) is 2. The minimum absolute atomic E-state index is 0.558. The maximum Gasteiger partial charge on any atom is 0.328 e. The van der Waals surface area contributed by atoms with Crippen molar-refractivity contribution in [1.82, 2.24) is 4.90 Å². The lowest BCUT2D eigenvalue weighted by molar-refractivity contribution is -0.134. The van der Waals surface area contributed by atoms with Crippen LogP contribution in [-0.4, -0.2) is 46.7 Å². The number of carbonyl (C=O) groups is 2. The predicted molar refractivity (Wildman–Crippen MR) is 71.7 cm³/mol. The molecule has 0 saturated heterocycles. The lowest BCUT2D eigenvalue weighted by Gasteiger charge is -2.19. The molecular weight excluding hydrogens is 234 g/mol. The molecule has 0 aromatic rings. The van der Waals surface area contributed by atoms with E-state index in [-0.39, 0.29) is 0 Å². The van der Waals surface area contributed by atoms with E-state index in [4.69, 9.17) is 10.2 Å². The molecule has 0 aliphatic rings. The smallest absolute Gasteiger partial charge is 0.328 e. The topological polar surface area (TPSA) is 77.8 Å². The molecule has 0 fully saturated rings. The van der Waals surface area contributed by atoms with Gasteiger partial charge in [-0.1, -0.05) is 20.8 Å². The molecular formula is C13H25NO4. The van der Waals surface area contributed by atoms with Gasteiger partial charge >= 0.3 is 11.9 Å². The van der Waals surface area contributed by atoms with Crippen LogP contribution >= 0.6 is 0 Å². The summed E-state index contributed by atoms with van der Waals surface area (Å²) in [5, 5.41) is 15.6. The maximum atomic E-state index is 9.55. The van der Waals surface area contributed by atoms with E-state index in [2.05, 4.69) is 25.7 Å². The van der Waals surface area contributed by atoms with E-state index < -0.39 is 11.9 Å². The Morgan fingerprint density at radius 2 is 1.11 bits per heavy atom. The van der Waals surface area contributed by atoms with Gasteiger partial charge in [-0.25, -0.2) is 9.59 Å². The minimum Gasteiger partial charge on any atom is -0.478 e. The van der Waals surface area contributed by atoms with Gasteiger partial charge in [0.2, 0.25) is 0 Å². The molecule has 106 valence electrons. The normalized spacial score (nSPS) is 10.2. The quantitative estimate of drug-likeness (QED) is 0.654. The molecule has 0 amide bonds. The summed E-state index contributed by atoms with van der Waals surface area (Å²) in [6.45, 7) is 10.6. The molecule has 0 saturated carbocycles. The molecule has 5 nitrogen and oxygen atoms in total. The van der Waals surface area contributed by atoms with Crippen LogP contribution in [0.3, 0.4) is 0 Å². The molecule has 0 heterocycles. The van der Waals surface area contributed by atoms with E-state index in [9.17, 15) is 9.59 Å². The molecule has 0 aromatic heterocycles. The molecule has 0 radical (unpaired) electrons. The summed E-state index contributed by atoms with van der Waals surface area (Å²) < 4.78 is 0. The Kier molecular flexibility index (Phi) is 14.5. The van der Waals surface area contributed by atoms with Gasteiger partial charge in [-0.2, -0.15) is 0 Å². The molecule has 5 heteroatoms. The van der Waals surface area contributed by atoms with E-state index in [1.807, 2.05) is 0 Å². The number of nitrogens with zero attached hydrogens (tertiary/aromatic N) is 1. The van der Waals surface area contributed by atoms with E-state index in [1.165, 1.54) is 38.9 Å². The van der Waals surface area contributed by atoms with Crippen molar-refractivity contribution in [1.29, 1.82) is 0 Å². The first-order valence-corrected chi connectivity index (χ1v) is 6.34. The van der Waals surface area contributed by atoms with E-state index >= 15 is 0 Å². The van der Waals surface area contributed by atoms with Crippen LogP contribution in [-0.2, 0) is 9.59 Å². The van der Waals surface area contributed by atoms with Gasteiger partial charge in [0, 0.05) is 12.2 Å². The van der Waals surface area contributed by atoms with Gasteiger partial charge < -0.3 is 15.1 Å². The van der Waals surface area contributed by atoms with Gasteiger partial charge in [0.25, 0.3) is 0 Å². The summed E-state index contributed by atoms with van der Waals surface area (Å²) in [6, 6.07) is 0. The third-order valence-corrected chi connectivity index (χ3v) is 1.99. The molecule has 0 spiro atoms. The molecule has 18 heavy (non-hydrogen) atoms. The fourth-order valence-corrected chi connectivity index (χ4v) is 1.43. The molecule has 0 aromatic carbocycles. The summed E-state index contributed by atoms with van der Waals surface area (Å²) >= 11 is 0. The van der Waals surface area contributed by atoms with Crippen molar-refractivity contribution in [2.75, 3.05) is 19.6 Å². The number of rotatable bonds is 8. The predicted octanol–water partition coefficient (Wildman–Crippen LogP) is 2.23. The van der Waals surface area contributed by atoms with Gasteiger partial charge in [0.1, 0.15) is 0 Å². The first-order chi connectivity index (χ1) is 8.47. The van der Waals surface area contributed by atoms with Gasteiger partial charge in [-0.05, 0) is 38.9 Å².